The van der Waals surface area contributed by atoms with Crippen LogP contribution in [0.3, 0.4) is 0 Å². The molecule has 2 aromatic carbocycles. The van der Waals surface area contributed by atoms with Crippen LogP contribution in [0.5, 0.6) is 0 Å². The minimum Gasteiger partial charge on any atom is -0.311 e. The highest BCUT2D eigenvalue weighted by molar-refractivity contribution is 7.99. The van der Waals surface area contributed by atoms with Crippen molar-refractivity contribution in [3.05, 3.63) is 66.5 Å². The van der Waals surface area contributed by atoms with Gasteiger partial charge in [-0.2, -0.15) is 5.26 Å². The Labute approximate surface area is 162 Å². The Morgan fingerprint density at radius 1 is 1.19 bits per heavy atom. The van der Waals surface area contributed by atoms with Crippen molar-refractivity contribution in [3.63, 3.8) is 0 Å². The van der Waals surface area contributed by atoms with E-state index in [0.29, 0.717) is 11.7 Å². The number of hydrogen-bond acceptors (Lipinski definition) is 5. The number of nitriles is 1. The van der Waals surface area contributed by atoms with Crippen LogP contribution >= 0.6 is 11.8 Å². The molecule has 1 heterocycles. The maximum atomic E-state index is 12.8. The predicted octanol–water partition coefficient (Wildman–Crippen LogP) is 3.61. The topological polar surface area (TPSA) is 74.8 Å². The monoisotopic (exact) mass is 377 g/mol. The van der Waals surface area contributed by atoms with Crippen LogP contribution in [0.2, 0.25) is 0 Å². The first-order chi connectivity index (χ1) is 13.2. The van der Waals surface area contributed by atoms with Gasteiger partial charge < -0.3 is 4.90 Å². The lowest BCUT2D eigenvalue weighted by atomic mass is 10.2. The summed E-state index contributed by atoms with van der Waals surface area (Å²) < 4.78 is 1.88. The SMILES string of the molecule is Cc1ccccc1-n1cnnc1SCC(=O)N(CCC#N)c1ccccc1. The van der Waals surface area contributed by atoms with Gasteiger partial charge in [-0.15, -0.1) is 10.2 Å². The number of hydrogen-bond donors (Lipinski definition) is 0. The molecular weight excluding hydrogens is 358 g/mol. The second-order valence-electron chi connectivity index (χ2n) is 5.85. The van der Waals surface area contributed by atoms with Crippen molar-refractivity contribution in [1.82, 2.24) is 14.8 Å². The third-order valence-corrected chi connectivity index (χ3v) is 4.96. The van der Waals surface area contributed by atoms with Crippen molar-refractivity contribution in [3.8, 4) is 11.8 Å². The molecule has 0 saturated heterocycles. The summed E-state index contributed by atoms with van der Waals surface area (Å²) in [5, 5.41) is 17.7. The highest BCUT2D eigenvalue weighted by atomic mass is 32.2. The molecule has 6 nitrogen and oxygen atoms in total. The van der Waals surface area contributed by atoms with Crippen LogP contribution in [0.1, 0.15) is 12.0 Å². The second-order valence-corrected chi connectivity index (χ2v) is 6.79. The molecule has 0 N–H and O–H groups in total. The molecule has 0 aliphatic heterocycles. The van der Waals surface area contributed by atoms with E-state index in [2.05, 4.69) is 16.3 Å². The second kappa shape index (κ2) is 9.01. The average molecular weight is 377 g/mol. The number of thioether (sulfide) groups is 1. The number of amides is 1. The van der Waals surface area contributed by atoms with E-state index in [-0.39, 0.29) is 18.1 Å². The number of carbonyl (C=O) groups is 1. The highest BCUT2D eigenvalue weighted by Crippen LogP contribution is 2.23. The summed E-state index contributed by atoms with van der Waals surface area (Å²) in [5.41, 5.74) is 2.88. The van der Waals surface area contributed by atoms with Crippen LogP contribution < -0.4 is 4.90 Å². The van der Waals surface area contributed by atoms with E-state index in [9.17, 15) is 4.79 Å². The Morgan fingerprint density at radius 3 is 2.67 bits per heavy atom. The molecule has 136 valence electrons. The molecule has 0 radical (unpaired) electrons. The number of para-hydroxylation sites is 2. The summed E-state index contributed by atoms with van der Waals surface area (Å²) >= 11 is 1.34. The number of aromatic nitrogens is 3. The zero-order valence-electron chi connectivity index (χ0n) is 14.9. The van der Waals surface area contributed by atoms with E-state index in [1.54, 1.807) is 11.2 Å². The van der Waals surface area contributed by atoms with Crippen molar-refractivity contribution >= 4 is 23.4 Å². The lowest BCUT2D eigenvalue weighted by molar-refractivity contribution is -0.116. The number of benzene rings is 2. The zero-order valence-corrected chi connectivity index (χ0v) is 15.8. The van der Waals surface area contributed by atoms with Crippen LogP contribution in [0.25, 0.3) is 5.69 Å². The first-order valence-corrected chi connectivity index (χ1v) is 9.50. The van der Waals surface area contributed by atoms with E-state index in [1.807, 2.05) is 66.1 Å². The largest absolute Gasteiger partial charge is 0.311 e. The number of anilines is 1. The van der Waals surface area contributed by atoms with Gasteiger partial charge in [0.2, 0.25) is 5.91 Å². The minimum atomic E-state index is -0.0687. The first kappa shape index (κ1) is 18.7. The maximum absolute atomic E-state index is 12.8. The van der Waals surface area contributed by atoms with Crippen molar-refractivity contribution in [2.75, 3.05) is 17.2 Å². The van der Waals surface area contributed by atoms with Crippen molar-refractivity contribution < 1.29 is 4.79 Å². The van der Waals surface area contributed by atoms with Crippen LogP contribution in [0, 0.1) is 18.3 Å². The number of rotatable bonds is 7. The standard InChI is InChI=1S/C20H19N5OS/c1-16-8-5-6-11-18(16)25-15-22-23-20(25)27-14-19(26)24(13-7-12-21)17-9-3-2-4-10-17/h2-6,8-11,15H,7,13-14H2,1H3. The van der Waals surface area contributed by atoms with Crippen LogP contribution in [0.15, 0.2) is 66.1 Å². The lowest BCUT2D eigenvalue weighted by Gasteiger charge is -2.21. The summed E-state index contributed by atoms with van der Waals surface area (Å²) in [4.78, 5) is 14.4. The van der Waals surface area contributed by atoms with Gasteiger partial charge in [0.05, 0.1) is 23.9 Å². The molecule has 0 bridgehead atoms. The average Bonchev–Trinajstić information content (AvgIpc) is 3.16. The van der Waals surface area contributed by atoms with Gasteiger partial charge >= 0.3 is 0 Å². The van der Waals surface area contributed by atoms with Gasteiger partial charge in [-0.25, -0.2) is 0 Å². The van der Waals surface area contributed by atoms with Gasteiger partial charge in [0.25, 0.3) is 0 Å². The molecule has 3 aromatic rings. The van der Waals surface area contributed by atoms with Crippen LogP contribution in [-0.4, -0.2) is 33.0 Å². The summed E-state index contributed by atoms with van der Waals surface area (Å²) in [7, 11) is 0. The molecule has 3 rings (SSSR count). The van der Waals surface area contributed by atoms with Crippen molar-refractivity contribution in [1.29, 1.82) is 5.26 Å². The Hall–Kier alpha value is -3.11. The maximum Gasteiger partial charge on any atom is 0.237 e. The minimum absolute atomic E-state index is 0.0687. The van der Waals surface area contributed by atoms with E-state index < -0.39 is 0 Å². The normalized spacial score (nSPS) is 10.4. The third kappa shape index (κ3) is 4.54. The molecule has 27 heavy (non-hydrogen) atoms. The molecule has 0 fully saturated rings. The van der Waals surface area contributed by atoms with Gasteiger partial charge in [-0.3, -0.25) is 9.36 Å². The van der Waals surface area contributed by atoms with Gasteiger partial charge in [0.15, 0.2) is 5.16 Å². The quantitative estimate of drug-likeness (QED) is 0.588. The van der Waals surface area contributed by atoms with E-state index >= 15 is 0 Å². The van der Waals surface area contributed by atoms with Gasteiger partial charge in [-0.1, -0.05) is 48.2 Å². The van der Waals surface area contributed by atoms with E-state index in [4.69, 9.17) is 5.26 Å². The molecular formula is C20H19N5OS. The Kier molecular flexibility index (Phi) is 6.23. The fourth-order valence-corrected chi connectivity index (χ4v) is 3.49. The molecule has 0 aliphatic carbocycles. The Morgan fingerprint density at radius 2 is 1.93 bits per heavy atom. The number of carbonyl (C=O) groups excluding carboxylic acids is 1. The Bertz CT molecular complexity index is 948. The molecule has 1 aromatic heterocycles. The zero-order chi connectivity index (χ0) is 19.1. The number of aryl methyl sites for hydroxylation is 1. The fraction of sp³-hybridized carbons (Fsp3) is 0.200. The van der Waals surface area contributed by atoms with Crippen molar-refractivity contribution in [2.24, 2.45) is 0 Å². The summed E-state index contributed by atoms with van der Waals surface area (Å²) in [6, 6.07) is 19.5. The summed E-state index contributed by atoms with van der Waals surface area (Å²) in [6.07, 6.45) is 1.94. The first-order valence-electron chi connectivity index (χ1n) is 8.52. The summed E-state index contributed by atoms with van der Waals surface area (Å²) in [5.74, 6) is 0.144. The Balaban J connectivity index is 1.74. The smallest absolute Gasteiger partial charge is 0.237 e. The van der Waals surface area contributed by atoms with Gasteiger partial charge in [0.1, 0.15) is 6.33 Å². The fourth-order valence-electron chi connectivity index (χ4n) is 2.69. The molecule has 7 heteroatoms. The van der Waals surface area contributed by atoms with Crippen LogP contribution in [0.4, 0.5) is 5.69 Å². The molecule has 0 saturated carbocycles. The molecule has 0 atom stereocenters. The van der Waals surface area contributed by atoms with E-state index in [1.165, 1.54) is 11.8 Å². The highest BCUT2D eigenvalue weighted by Gasteiger charge is 2.17. The third-order valence-electron chi connectivity index (χ3n) is 4.03. The van der Waals surface area contributed by atoms with Gasteiger partial charge in [0, 0.05) is 12.2 Å². The molecule has 0 unspecified atom stereocenters. The molecule has 0 spiro atoms. The summed E-state index contributed by atoms with van der Waals surface area (Å²) in [6.45, 7) is 2.39. The van der Waals surface area contributed by atoms with Crippen LogP contribution in [-0.2, 0) is 4.79 Å². The van der Waals surface area contributed by atoms with Gasteiger partial charge in [-0.05, 0) is 30.7 Å². The number of nitrogens with zero attached hydrogens (tertiary/aromatic N) is 5. The van der Waals surface area contributed by atoms with E-state index in [0.717, 1.165) is 16.9 Å². The lowest BCUT2D eigenvalue weighted by Crippen LogP contribution is -2.33. The molecule has 1 amide bonds. The van der Waals surface area contributed by atoms with Crippen molar-refractivity contribution in [2.45, 2.75) is 18.5 Å². The predicted molar refractivity (Wildman–Crippen MR) is 106 cm³/mol. The molecule has 0 aliphatic rings.